The van der Waals surface area contributed by atoms with Crippen LogP contribution in [0.15, 0.2) is 0 Å². The first kappa shape index (κ1) is 24.3. The predicted octanol–water partition coefficient (Wildman–Crippen LogP) is 1.64. The Morgan fingerprint density at radius 2 is 1.16 bits per heavy atom. The number of carboxylic acids is 2. The van der Waals surface area contributed by atoms with E-state index in [9.17, 15) is 9.59 Å². The topological polar surface area (TPSA) is 83.8 Å². The average molecular weight is 351 g/mol. The molecule has 9 heteroatoms. The van der Waals surface area contributed by atoms with E-state index < -0.39 is 22.4 Å². The zero-order valence-electron chi connectivity index (χ0n) is 10.9. The molecule has 0 saturated heterocycles. The van der Waals surface area contributed by atoms with E-state index in [-0.39, 0.29) is 0 Å². The summed E-state index contributed by atoms with van der Waals surface area (Å²) in [5, 5.41) is 14.8. The van der Waals surface area contributed by atoms with E-state index in [0.717, 1.165) is 24.7 Å². The molecule has 0 aromatic carbocycles. The third-order valence-corrected chi connectivity index (χ3v) is 1.99. The Morgan fingerprint density at radius 1 is 0.947 bits per heavy atom. The van der Waals surface area contributed by atoms with Crippen LogP contribution in [-0.2, 0) is 14.3 Å². The summed E-state index contributed by atoms with van der Waals surface area (Å²) >= 11 is 15.1. The zero-order chi connectivity index (χ0) is 15.8. The van der Waals surface area contributed by atoms with Crippen LogP contribution in [0.3, 0.4) is 0 Å². The molecule has 0 bridgehead atoms. The number of thiol groups is 4. The van der Waals surface area contributed by atoms with Crippen molar-refractivity contribution < 1.29 is 24.5 Å². The highest BCUT2D eigenvalue weighted by molar-refractivity contribution is 7.82. The van der Waals surface area contributed by atoms with E-state index in [0.29, 0.717) is 0 Å². The van der Waals surface area contributed by atoms with Gasteiger partial charge in [0.1, 0.15) is 0 Å². The molecule has 2 unspecified atom stereocenters. The summed E-state index contributed by atoms with van der Waals surface area (Å²) in [7, 11) is 0. The highest BCUT2D eigenvalue weighted by atomic mass is 32.1. The molecule has 0 rings (SSSR count). The van der Waals surface area contributed by atoms with Crippen LogP contribution < -0.4 is 0 Å². The van der Waals surface area contributed by atoms with Crippen LogP contribution in [0.5, 0.6) is 0 Å². The summed E-state index contributed by atoms with van der Waals surface area (Å²) in [4.78, 5) is 19.2. The van der Waals surface area contributed by atoms with E-state index in [4.69, 9.17) is 14.9 Å². The highest BCUT2D eigenvalue weighted by Gasteiger charge is 2.00. The lowest BCUT2D eigenvalue weighted by Gasteiger charge is -1.94. The molecule has 0 spiro atoms. The number of carbonyl (C=O) groups is 2. The Hall–Kier alpha value is 0.300. The fraction of sp³-hybridized carbons (Fsp3) is 0.800. The molecule has 0 amide bonds. The molecule has 0 radical (unpaired) electrons. The molecular formula is C10H22O5S4. The summed E-state index contributed by atoms with van der Waals surface area (Å²) in [5.74, 6) is -0.154. The average Bonchev–Trinajstić information content (AvgIpc) is 2.31. The van der Waals surface area contributed by atoms with Crippen molar-refractivity contribution >= 4 is 62.5 Å². The smallest absolute Gasteiger partial charge is 0.316 e. The summed E-state index contributed by atoms with van der Waals surface area (Å²) in [6.45, 7) is 4.49. The molecule has 5 nitrogen and oxygen atoms in total. The second kappa shape index (κ2) is 18.3. The van der Waals surface area contributed by atoms with Crippen LogP contribution >= 0.6 is 50.5 Å². The van der Waals surface area contributed by atoms with Crippen LogP contribution in [0.1, 0.15) is 13.8 Å². The van der Waals surface area contributed by atoms with Crippen LogP contribution in [0, 0.1) is 0 Å². The van der Waals surface area contributed by atoms with Gasteiger partial charge in [0.2, 0.25) is 0 Å². The molecule has 116 valence electrons. The number of hydrogen-bond donors (Lipinski definition) is 6. The molecule has 2 N–H and O–H groups in total. The van der Waals surface area contributed by atoms with Crippen molar-refractivity contribution in [3.05, 3.63) is 0 Å². The van der Waals surface area contributed by atoms with E-state index in [1.54, 1.807) is 0 Å². The lowest BCUT2D eigenvalue weighted by Crippen LogP contribution is -2.06. The Kier molecular flexibility index (Phi) is 23.4. The molecule has 0 heterocycles. The number of aliphatic carboxylic acids is 2. The van der Waals surface area contributed by atoms with Gasteiger partial charge in [-0.05, 0) is 13.8 Å². The van der Waals surface area contributed by atoms with E-state index in [2.05, 4.69) is 50.5 Å². The highest BCUT2D eigenvalue weighted by Crippen LogP contribution is 1.88. The maximum Gasteiger partial charge on any atom is 0.316 e. The first-order valence-electron chi connectivity index (χ1n) is 5.31. The van der Waals surface area contributed by atoms with E-state index in [1.807, 2.05) is 0 Å². The predicted molar refractivity (Wildman–Crippen MR) is 90.7 cm³/mol. The number of ether oxygens (including phenoxy) is 1. The van der Waals surface area contributed by atoms with Crippen LogP contribution in [0.2, 0.25) is 0 Å². The van der Waals surface area contributed by atoms with E-state index in [1.165, 1.54) is 13.8 Å². The normalized spacial score (nSPS) is 12.1. The Bertz CT molecular complexity index is 202. The molecule has 0 aromatic rings. The number of rotatable bonds is 6. The molecule has 2 atom stereocenters. The number of carboxylic acid groups (broad SMARTS) is 2. The van der Waals surface area contributed by atoms with Crippen molar-refractivity contribution in [1.29, 1.82) is 0 Å². The van der Waals surface area contributed by atoms with Crippen molar-refractivity contribution in [1.82, 2.24) is 0 Å². The number of hydrogen-bond acceptors (Lipinski definition) is 7. The zero-order valence-corrected chi connectivity index (χ0v) is 14.5. The van der Waals surface area contributed by atoms with Gasteiger partial charge in [-0.2, -0.15) is 50.5 Å². The lowest BCUT2D eigenvalue weighted by molar-refractivity contribution is -0.137. The molecule has 0 aliphatic rings. The monoisotopic (exact) mass is 350 g/mol. The van der Waals surface area contributed by atoms with Gasteiger partial charge >= 0.3 is 11.9 Å². The van der Waals surface area contributed by atoms with Crippen LogP contribution in [-0.4, -0.2) is 57.4 Å². The first-order valence-corrected chi connectivity index (χ1v) is 7.61. The van der Waals surface area contributed by atoms with Crippen molar-refractivity contribution in [2.24, 2.45) is 0 Å². The Balaban J connectivity index is -0.000000203. The summed E-state index contributed by atoms with van der Waals surface area (Å²) in [6, 6.07) is 0. The van der Waals surface area contributed by atoms with Gasteiger partial charge in [0, 0.05) is 11.5 Å². The van der Waals surface area contributed by atoms with Gasteiger partial charge in [-0.25, -0.2) is 0 Å². The van der Waals surface area contributed by atoms with Crippen LogP contribution in [0.4, 0.5) is 0 Å². The quantitative estimate of drug-likeness (QED) is 0.324. The maximum atomic E-state index is 9.62. The SMILES string of the molecule is CC(S)C(=O)O.CC(S)C(=O)O.SCCOCCS. The third-order valence-electron chi connectivity index (χ3n) is 1.19. The second-order valence-corrected chi connectivity index (χ2v) is 5.53. The summed E-state index contributed by atoms with van der Waals surface area (Å²) in [5.41, 5.74) is 0. The van der Waals surface area contributed by atoms with Gasteiger partial charge in [0.05, 0.1) is 23.7 Å². The van der Waals surface area contributed by atoms with Crippen molar-refractivity contribution in [2.45, 2.75) is 24.3 Å². The largest absolute Gasteiger partial charge is 0.480 e. The molecule has 0 aliphatic heterocycles. The maximum absolute atomic E-state index is 9.62. The van der Waals surface area contributed by atoms with Crippen molar-refractivity contribution in [3.8, 4) is 0 Å². The minimum Gasteiger partial charge on any atom is -0.480 e. The van der Waals surface area contributed by atoms with Gasteiger partial charge in [-0.1, -0.05) is 0 Å². The minimum absolute atomic E-state index is 0.537. The third kappa shape index (κ3) is 32.1. The Labute approximate surface area is 136 Å². The molecule has 0 saturated carbocycles. The standard InChI is InChI=1S/C4H10OS2.2C3H6O2S/c6-3-1-5-2-4-7;2*1-2(6)3(4)5/h6-7H,1-4H2;2*2,6H,1H3,(H,4,5). The molecule has 0 aromatic heterocycles. The van der Waals surface area contributed by atoms with Crippen molar-refractivity contribution in [2.75, 3.05) is 24.7 Å². The van der Waals surface area contributed by atoms with Gasteiger partial charge in [0.15, 0.2) is 0 Å². The fourth-order valence-electron chi connectivity index (χ4n) is 0.231. The van der Waals surface area contributed by atoms with Gasteiger partial charge in [-0.3, -0.25) is 9.59 Å². The molecule has 0 aliphatic carbocycles. The van der Waals surface area contributed by atoms with E-state index >= 15 is 0 Å². The first-order chi connectivity index (χ1) is 8.70. The van der Waals surface area contributed by atoms with Crippen molar-refractivity contribution in [3.63, 3.8) is 0 Å². The van der Waals surface area contributed by atoms with Gasteiger partial charge in [0.25, 0.3) is 0 Å². The molecule has 0 fully saturated rings. The fourth-order valence-corrected chi connectivity index (χ4v) is 0.489. The molecular weight excluding hydrogens is 328 g/mol. The van der Waals surface area contributed by atoms with Gasteiger partial charge in [-0.15, -0.1) is 0 Å². The summed E-state index contributed by atoms with van der Waals surface area (Å²) in [6.07, 6.45) is 0. The second-order valence-electron chi connectivity index (χ2n) is 3.09. The van der Waals surface area contributed by atoms with Gasteiger partial charge < -0.3 is 14.9 Å². The lowest BCUT2D eigenvalue weighted by atomic mass is 10.5. The molecule has 19 heavy (non-hydrogen) atoms. The summed E-state index contributed by atoms with van der Waals surface area (Å²) < 4.78 is 4.98. The minimum atomic E-state index is -0.877. The Morgan fingerprint density at radius 3 is 1.26 bits per heavy atom. The van der Waals surface area contributed by atoms with Crippen LogP contribution in [0.25, 0.3) is 0 Å².